The fourth-order valence-corrected chi connectivity index (χ4v) is 3.14. The van der Waals surface area contributed by atoms with E-state index in [4.69, 9.17) is 16.0 Å². The third-order valence-corrected chi connectivity index (χ3v) is 4.54. The van der Waals surface area contributed by atoms with Gasteiger partial charge >= 0.3 is 0 Å². The number of anilines is 1. The van der Waals surface area contributed by atoms with E-state index in [0.717, 1.165) is 38.8 Å². The predicted octanol–water partition coefficient (Wildman–Crippen LogP) is 5.40. The Balaban J connectivity index is 1.86. The molecule has 0 unspecified atom stereocenters. The number of nitrogens with one attached hydrogen (secondary N) is 1. The fraction of sp³-hybridized carbons (Fsp3) is 0.136. The molecule has 0 aliphatic heterocycles. The summed E-state index contributed by atoms with van der Waals surface area (Å²) < 4.78 is 6.14. The number of benzene rings is 2. The Kier molecular flexibility index (Phi) is 4.84. The smallest absolute Gasteiger partial charge is 0.243 e. The first-order valence-corrected chi connectivity index (χ1v) is 9.28. The molecule has 4 rings (SSSR count). The molecular weight excluding hydrogens is 372 g/mol. The van der Waals surface area contributed by atoms with Crippen LogP contribution in [0.25, 0.3) is 22.3 Å². The van der Waals surface area contributed by atoms with Crippen LogP contribution in [0.3, 0.4) is 0 Å². The maximum atomic E-state index is 6.14. The van der Waals surface area contributed by atoms with E-state index in [1.807, 2.05) is 75.4 Å². The molecule has 0 saturated carbocycles. The number of halogens is 1. The number of hydrogen-bond acceptors (Lipinski definition) is 5. The summed E-state index contributed by atoms with van der Waals surface area (Å²) in [6.45, 7) is 5.89. The van der Waals surface area contributed by atoms with Crippen LogP contribution < -0.4 is 10.8 Å². The minimum Gasteiger partial charge on any atom is -0.456 e. The molecule has 5 nitrogen and oxygen atoms in total. The molecule has 0 atom stereocenters. The van der Waals surface area contributed by atoms with Crippen molar-refractivity contribution in [2.24, 2.45) is 5.10 Å². The summed E-state index contributed by atoms with van der Waals surface area (Å²) in [5, 5.41) is 6.89. The van der Waals surface area contributed by atoms with Gasteiger partial charge in [0.1, 0.15) is 11.3 Å². The minimum atomic E-state index is 0.464. The van der Waals surface area contributed by atoms with Crippen LogP contribution >= 0.6 is 11.6 Å². The minimum absolute atomic E-state index is 0.464. The van der Waals surface area contributed by atoms with Gasteiger partial charge in [0.15, 0.2) is 0 Å². The Hall–Kier alpha value is -3.18. The molecule has 0 aliphatic carbocycles. The van der Waals surface area contributed by atoms with Crippen molar-refractivity contribution in [3.63, 3.8) is 0 Å². The van der Waals surface area contributed by atoms with Crippen LogP contribution in [0.15, 0.2) is 64.1 Å². The molecule has 0 aliphatic rings. The lowest BCUT2D eigenvalue weighted by Gasteiger charge is -2.07. The number of hydrogen-bond donors (Lipinski definition) is 1. The highest BCUT2D eigenvalue weighted by Gasteiger charge is 2.07. The first-order valence-electron chi connectivity index (χ1n) is 8.90. The Morgan fingerprint density at radius 3 is 2.32 bits per heavy atom. The summed E-state index contributed by atoms with van der Waals surface area (Å²) >= 11 is 6.02. The van der Waals surface area contributed by atoms with Crippen molar-refractivity contribution in [3.05, 3.63) is 81.9 Å². The van der Waals surface area contributed by atoms with E-state index in [-0.39, 0.29) is 0 Å². The molecule has 2 heterocycles. The van der Waals surface area contributed by atoms with Crippen LogP contribution in [0.2, 0.25) is 5.02 Å². The largest absolute Gasteiger partial charge is 0.456 e. The zero-order valence-corrected chi connectivity index (χ0v) is 16.6. The summed E-state index contributed by atoms with van der Waals surface area (Å²) in [6, 6.07) is 17.4. The van der Waals surface area contributed by atoms with Gasteiger partial charge in [-0.05, 0) is 68.8 Å². The highest BCUT2D eigenvalue weighted by Crippen LogP contribution is 2.24. The molecule has 0 saturated heterocycles. The third kappa shape index (κ3) is 3.89. The van der Waals surface area contributed by atoms with Gasteiger partial charge < -0.3 is 4.42 Å². The molecule has 140 valence electrons. The molecule has 0 amide bonds. The quantitative estimate of drug-likeness (QED) is 0.476. The molecule has 1 N–H and O–H groups in total. The van der Waals surface area contributed by atoms with Crippen molar-refractivity contribution in [1.82, 2.24) is 9.97 Å². The Morgan fingerprint density at radius 1 is 0.893 bits per heavy atom. The van der Waals surface area contributed by atoms with E-state index in [1.54, 1.807) is 0 Å². The highest BCUT2D eigenvalue weighted by molar-refractivity contribution is 6.30. The number of rotatable bonds is 3. The normalized spacial score (nSPS) is 11.8. The molecule has 2 aromatic carbocycles. The first kappa shape index (κ1) is 18.2. The molecular formula is C22H19ClN4O. The molecule has 6 heteroatoms. The molecule has 2 aromatic heterocycles. The molecule has 28 heavy (non-hydrogen) atoms. The molecule has 0 radical (unpaired) electrons. The van der Waals surface area contributed by atoms with Crippen LogP contribution in [0.4, 0.5) is 5.95 Å². The zero-order valence-electron chi connectivity index (χ0n) is 15.8. The van der Waals surface area contributed by atoms with Crippen molar-refractivity contribution < 1.29 is 4.42 Å². The van der Waals surface area contributed by atoms with Gasteiger partial charge in [0, 0.05) is 33.4 Å². The second kappa shape index (κ2) is 7.44. The maximum Gasteiger partial charge on any atom is 0.243 e. The van der Waals surface area contributed by atoms with Gasteiger partial charge in [-0.2, -0.15) is 5.10 Å². The topological polar surface area (TPSA) is 63.3 Å². The lowest BCUT2D eigenvalue weighted by Crippen LogP contribution is -2.09. The SMILES string of the molecule is Cc1ccc2c(=NNc3nc(C)cc(C)n3)cc(-c3ccc(Cl)cc3)oc2c1. The number of aromatic nitrogens is 2. The van der Waals surface area contributed by atoms with Crippen LogP contribution in [0.5, 0.6) is 0 Å². The van der Waals surface area contributed by atoms with Gasteiger partial charge in [0.05, 0.1) is 5.36 Å². The highest BCUT2D eigenvalue weighted by atomic mass is 35.5. The first-order chi connectivity index (χ1) is 13.5. The lowest BCUT2D eigenvalue weighted by atomic mass is 10.1. The van der Waals surface area contributed by atoms with Crippen molar-refractivity contribution in [1.29, 1.82) is 0 Å². The Labute approximate surface area is 167 Å². The van der Waals surface area contributed by atoms with Crippen molar-refractivity contribution in [3.8, 4) is 11.3 Å². The van der Waals surface area contributed by atoms with Crippen LogP contribution in [-0.4, -0.2) is 9.97 Å². The van der Waals surface area contributed by atoms with Gasteiger partial charge in [0.2, 0.25) is 5.95 Å². The standard InChI is InChI=1S/C22H19ClN4O/c1-13-4-9-18-19(26-27-22-24-14(2)11-15(3)25-22)12-20(28-21(18)10-13)16-5-7-17(23)8-6-16/h4-12H,1-3H3,(H,24,25,27). The summed E-state index contributed by atoms with van der Waals surface area (Å²) in [7, 11) is 0. The second-order valence-corrected chi connectivity index (χ2v) is 7.14. The lowest BCUT2D eigenvalue weighted by molar-refractivity contribution is 0.618. The van der Waals surface area contributed by atoms with Gasteiger partial charge in [-0.15, -0.1) is 0 Å². The van der Waals surface area contributed by atoms with Gasteiger partial charge in [0.25, 0.3) is 0 Å². The van der Waals surface area contributed by atoms with Crippen LogP contribution in [-0.2, 0) is 0 Å². The van der Waals surface area contributed by atoms with Crippen molar-refractivity contribution >= 4 is 28.5 Å². The number of fused-ring (bicyclic) bond motifs is 1. The Bertz CT molecular complexity index is 1210. The van der Waals surface area contributed by atoms with E-state index in [0.29, 0.717) is 16.7 Å². The van der Waals surface area contributed by atoms with Crippen LogP contribution in [0.1, 0.15) is 17.0 Å². The molecule has 0 spiro atoms. The number of aryl methyl sites for hydroxylation is 3. The van der Waals surface area contributed by atoms with Crippen LogP contribution in [0, 0.1) is 20.8 Å². The zero-order chi connectivity index (χ0) is 19.7. The van der Waals surface area contributed by atoms with Crippen molar-refractivity contribution in [2.75, 3.05) is 5.43 Å². The van der Waals surface area contributed by atoms with Crippen molar-refractivity contribution in [2.45, 2.75) is 20.8 Å². The average molecular weight is 391 g/mol. The van der Waals surface area contributed by atoms with E-state index in [2.05, 4.69) is 20.5 Å². The molecule has 0 bridgehead atoms. The fourth-order valence-electron chi connectivity index (χ4n) is 3.01. The summed E-state index contributed by atoms with van der Waals surface area (Å²) in [6.07, 6.45) is 0. The van der Waals surface area contributed by atoms with E-state index >= 15 is 0 Å². The van der Waals surface area contributed by atoms with Gasteiger partial charge in [-0.1, -0.05) is 17.7 Å². The second-order valence-electron chi connectivity index (χ2n) is 6.70. The predicted molar refractivity (Wildman–Crippen MR) is 112 cm³/mol. The summed E-state index contributed by atoms with van der Waals surface area (Å²) in [5.74, 6) is 1.17. The Morgan fingerprint density at radius 2 is 1.61 bits per heavy atom. The summed E-state index contributed by atoms with van der Waals surface area (Å²) in [5.41, 5.74) is 7.54. The average Bonchev–Trinajstić information content (AvgIpc) is 2.65. The number of nitrogens with zero attached hydrogens (tertiary/aromatic N) is 3. The van der Waals surface area contributed by atoms with Gasteiger partial charge in [-0.3, -0.25) is 0 Å². The van der Waals surface area contributed by atoms with E-state index < -0.39 is 0 Å². The molecule has 4 aromatic rings. The van der Waals surface area contributed by atoms with E-state index in [9.17, 15) is 0 Å². The summed E-state index contributed by atoms with van der Waals surface area (Å²) in [4.78, 5) is 8.76. The molecule has 0 fully saturated rings. The third-order valence-electron chi connectivity index (χ3n) is 4.29. The van der Waals surface area contributed by atoms with Gasteiger partial charge in [-0.25, -0.2) is 15.4 Å². The maximum absolute atomic E-state index is 6.14. The monoisotopic (exact) mass is 390 g/mol. The van der Waals surface area contributed by atoms with E-state index in [1.165, 1.54) is 0 Å².